The van der Waals surface area contributed by atoms with Gasteiger partial charge in [-0.1, -0.05) is 22.8 Å². The normalized spacial score (nSPS) is 18.4. The van der Waals surface area contributed by atoms with E-state index in [1.807, 2.05) is 0 Å². The molecule has 0 bridgehead atoms. The molecule has 1 fully saturated rings. The Kier molecular flexibility index (Phi) is 7.41. The zero-order valence-electron chi connectivity index (χ0n) is 23.4. The van der Waals surface area contributed by atoms with Gasteiger partial charge in [0.1, 0.15) is 23.2 Å². The highest BCUT2D eigenvalue weighted by atomic mass is 35.5. The molecule has 3 aliphatic rings. The molecule has 6 rings (SSSR count). The zero-order chi connectivity index (χ0) is 31.3. The van der Waals surface area contributed by atoms with Gasteiger partial charge >= 0.3 is 0 Å². The van der Waals surface area contributed by atoms with Gasteiger partial charge in [-0.15, -0.1) is 0 Å². The fourth-order valence-corrected chi connectivity index (χ4v) is 6.21. The topological polar surface area (TPSA) is 179 Å². The second-order valence-electron chi connectivity index (χ2n) is 10.7. The lowest BCUT2D eigenvalue weighted by Crippen LogP contribution is -2.54. The van der Waals surface area contributed by atoms with Crippen molar-refractivity contribution in [2.45, 2.75) is 50.6 Å². The number of aromatic hydroxyl groups is 1. The van der Waals surface area contributed by atoms with Crippen molar-refractivity contribution in [3.63, 3.8) is 0 Å². The summed E-state index contributed by atoms with van der Waals surface area (Å²) < 4.78 is 5.57. The van der Waals surface area contributed by atoms with Crippen LogP contribution in [0.4, 0.5) is 5.69 Å². The number of nitrogens with one attached hydrogen (secondary N) is 2. The Bertz CT molecular complexity index is 1770. The Labute approximate surface area is 255 Å². The first-order valence-corrected chi connectivity index (χ1v) is 14.4. The first-order chi connectivity index (χ1) is 21.1. The zero-order valence-corrected chi connectivity index (χ0v) is 24.1. The third-order valence-electron chi connectivity index (χ3n) is 8.10. The summed E-state index contributed by atoms with van der Waals surface area (Å²) in [6, 6.07) is 5.24. The minimum absolute atomic E-state index is 0.00238. The number of benzene rings is 2. The molecule has 0 spiro atoms. The molecule has 1 aromatic heterocycles. The van der Waals surface area contributed by atoms with Crippen LogP contribution in [0.25, 0.3) is 0 Å². The number of anilines is 1. The van der Waals surface area contributed by atoms with Gasteiger partial charge < -0.3 is 14.9 Å². The van der Waals surface area contributed by atoms with Gasteiger partial charge in [0.05, 0.1) is 27.4 Å². The van der Waals surface area contributed by atoms with Crippen LogP contribution in [0.5, 0.6) is 5.75 Å². The predicted molar refractivity (Wildman–Crippen MR) is 153 cm³/mol. The van der Waals surface area contributed by atoms with E-state index in [2.05, 4.69) is 15.8 Å². The SMILES string of the molecule is CNC(=O)C(c1noc2c1CCCC2)N(C(=O)c1cccc2c1C(=O)N(C1CCC(=O)NC1=O)C2=O)c1cc(O)ccc1Cl. The fraction of sp³-hybridized carbons (Fsp3) is 0.300. The second kappa shape index (κ2) is 11.2. The minimum atomic E-state index is -1.45. The van der Waals surface area contributed by atoms with Crippen LogP contribution in [-0.2, 0) is 27.2 Å². The third kappa shape index (κ3) is 4.69. The highest BCUT2D eigenvalue weighted by Gasteiger charge is 2.48. The Morgan fingerprint density at radius 3 is 2.64 bits per heavy atom. The molecule has 0 saturated carbocycles. The summed E-state index contributed by atoms with van der Waals surface area (Å²) in [5.41, 5.74) is 0.143. The van der Waals surface area contributed by atoms with Gasteiger partial charge in [0.25, 0.3) is 17.7 Å². The lowest BCUT2D eigenvalue weighted by Gasteiger charge is -2.31. The average molecular weight is 620 g/mol. The fourth-order valence-electron chi connectivity index (χ4n) is 6.00. The number of fused-ring (bicyclic) bond motifs is 2. The first kappa shape index (κ1) is 29.1. The van der Waals surface area contributed by atoms with Crippen LogP contribution in [0, 0.1) is 0 Å². The summed E-state index contributed by atoms with van der Waals surface area (Å²) in [7, 11) is 1.38. The number of phenols is 1. The Balaban J connectivity index is 1.51. The maximum absolute atomic E-state index is 14.7. The summed E-state index contributed by atoms with van der Waals surface area (Å²) in [5, 5.41) is 19.3. The molecule has 2 aliphatic heterocycles. The number of rotatable bonds is 6. The predicted octanol–water partition coefficient (Wildman–Crippen LogP) is 2.45. The van der Waals surface area contributed by atoms with E-state index in [9.17, 15) is 33.9 Å². The molecule has 226 valence electrons. The van der Waals surface area contributed by atoms with Crippen LogP contribution < -0.4 is 15.5 Å². The van der Waals surface area contributed by atoms with Crippen LogP contribution in [0.2, 0.25) is 5.02 Å². The van der Waals surface area contributed by atoms with Crippen LogP contribution >= 0.6 is 11.6 Å². The van der Waals surface area contributed by atoms with Gasteiger partial charge in [-0.3, -0.25) is 43.9 Å². The number of aromatic nitrogens is 1. The van der Waals surface area contributed by atoms with Crippen LogP contribution in [0.1, 0.15) is 79.8 Å². The molecule has 13 nitrogen and oxygen atoms in total. The highest BCUT2D eigenvalue weighted by Crippen LogP contribution is 2.40. The molecule has 6 amide bonds. The van der Waals surface area contributed by atoms with E-state index in [-0.39, 0.29) is 51.7 Å². The van der Waals surface area contributed by atoms with Gasteiger partial charge in [0.15, 0.2) is 6.04 Å². The highest BCUT2D eigenvalue weighted by molar-refractivity contribution is 6.35. The van der Waals surface area contributed by atoms with Crippen molar-refractivity contribution < 1.29 is 38.4 Å². The molecular formula is C30H26ClN5O8. The standard InChI is InChI=1S/C30H26ClN5O8/c1-32-27(40)25(24-15-5-2-3-8-21(15)44-34-24)35(20-13-14(37)9-10-18(20)31)28(41)16-6-4-7-17-23(16)30(43)36(29(17)42)19-11-12-22(38)33-26(19)39/h4,6-7,9-10,13,19,25,37H,2-3,5,8,11-12H2,1H3,(H,32,40)(H,33,38,39). The lowest BCUT2D eigenvalue weighted by atomic mass is 9.92. The van der Waals surface area contributed by atoms with E-state index >= 15 is 0 Å². The summed E-state index contributed by atoms with van der Waals surface area (Å²) in [6.45, 7) is 0. The van der Waals surface area contributed by atoms with E-state index in [4.69, 9.17) is 16.1 Å². The van der Waals surface area contributed by atoms with E-state index in [1.54, 1.807) is 0 Å². The molecule has 0 radical (unpaired) electrons. The molecule has 2 unspecified atom stereocenters. The Hall–Kier alpha value is -5.04. The molecule has 1 saturated heterocycles. The number of imide groups is 2. The van der Waals surface area contributed by atoms with E-state index < -0.39 is 47.5 Å². The second-order valence-corrected chi connectivity index (χ2v) is 11.1. The number of likely N-dealkylation sites (N-methyl/N-ethyl adjacent to an activating group) is 1. The van der Waals surface area contributed by atoms with Crippen molar-refractivity contribution >= 4 is 52.7 Å². The van der Waals surface area contributed by atoms with E-state index in [0.717, 1.165) is 22.6 Å². The number of carbonyl (C=O) groups is 6. The number of halogens is 1. The number of hydrogen-bond acceptors (Lipinski definition) is 9. The maximum atomic E-state index is 14.7. The quantitative estimate of drug-likeness (QED) is 0.349. The number of nitrogens with zero attached hydrogens (tertiary/aromatic N) is 3. The minimum Gasteiger partial charge on any atom is -0.508 e. The molecule has 44 heavy (non-hydrogen) atoms. The van der Waals surface area contributed by atoms with Crippen molar-refractivity contribution in [3.05, 3.63) is 75.1 Å². The van der Waals surface area contributed by atoms with E-state index in [1.165, 1.54) is 43.4 Å². The number of piperidine rings is 1. The molecule has 3 heterocycles. The molecular weight excluding hydrogens is 594 g/mol. The van der Waals surface area contributed by atoms with Gasteiger partial charge in [0, 0.05) is 31.5 Å². The maximum Gasteiger partial charge on any atom is 0.263 e. The molecule has 2 atom stereocenters. The number of aryl methyl sites for hydroxylation is 1. The summed E-state index contributed by atoms with van der Waals surface area (Å²) in [4.78, 5) is 81.7. The number of amides is 6. The van der Waals surface area contributed by atoms with Gasteiger partial charge in [-0.05, 0) is 49.9 Å². The van der Waals surface area contributed by atoms with Crippen molar-refractivity contribution in [2.75, 3.05) is 11.9 Å². The largest absolute Gasteiger partial charge is 0.508 e. The van der Waals surface area contributed by atoms with Crippen molar-refractivity contribution in [3.8, 4) is 5.75 Å². The number of carbonyl (C=O) groups excluding carboxylic acids is 6. The summed E-state index contributed by atoms with van der Waals surface area (Å²) >= 11 is 6.56. The molecule has 3 N–H and O–H groups in total. The molecule has 2 aromatic carbocycles. The van der Waals surface area contributed by atoms with Crippen LogP contribution in [0.3, 0.4) is 0 Å². The van der Waals surface area contributed by atoms with Gasteiger partial charge in [-0.25, -0.2) is 0 Å². The van der Waals surface area contributed by atoms with Gasteiger partial charge in [0.2, 0.25) is 17.7 Å². The van der Waals surface area contributed by atoms with Crippen molar-refractivity contribution in [1.82, 2.24) is 20.7 Å². The molecule has 1 aliphatic carbocycles. The first-order valence-electron chi connectivity index (χ1n) is 14.0. The number of hydrogen-bond donors (Lipinski definition) is 3. The summed E-state index contributed by atoms with van der Waals surface area (Å²) in [5.74, 6) is -4.24. The van der Waals surface area contributed by atoms with Crippen molar-refractivity contribution in [2.24, 2.45) is 0 Å². The Morgan fingerprint density at radius 1 is 1.11 bits per heavy atom. The summed E-state index contributed by atoms with van der Waals surface area (Å²) in [6.07, 6.45) is 2.68. The molecule has 3 aromatic rings. The van der Waals surface area contributed by atoms with Crippen molar-refractivity contribution in [1.29, 1.82) is 0 Å². The van der Waals surface area contributed by atoms with Crippen LogP contribution in [0.15, 0.2) is 40.9 Å². The van der Waals surface area contributed by atoms with Crippen LogP contribution in [-0.4, -0.2) is 63.7 Å². The van der Waals surface area contributed by atoms with Gasteiger partial charge in [-0.2, -0.15) is 0 Å². The third-order valence-corrected chi connectivity index (χ3v) is 8.42. The lowest BCUT2D eigenvalue weighted by molar-refractivity contribution is -0.136. The smallest absolute Gasteiger partial charge is 0.263 e. The monoisotopic (exact) mass is 619 g/mol. The average Bonchev–Trinajstić information content (AvgIpc) is 3.55. The Morgan fingerprint density at radius 2 is 1.89 bits per heavy atom. The van der Waals surface area contributed by atoms with E-state index in [0.29, 0.717) is 24.2 Å². The number of phenolic OH excluding ortho intramolecular Hbond substituents is 1. The molecule has 14 heteroatoms.